The Balaban J connectivity index is 2.04. The molecule has 2 rings (SSSR count). The molecule has 1 unspecified atom stereocenters. The number of nitrogens with zero attached hydrogens (tertiary/aromatic N) is 3. The molecule has 0 aliphatic heterocycles. The van der Waals surface area contributed by atoms with Gasteiger partial charge in [-0.3, -0.25) is 0 Å². The Hall–Kier alpha value is -1.17. The van der Waals surface area contributed by atoms with E-state index in [9.17, 15) is 0 Å². The summed E-state index contributed by atoms with van der Waals surface area (Å²) in [6, 6.07) is 3.73. The molecule has 0 aliphatic carbocycles. The summed E-state index contributed by atoms with van der Waals surface area (Å²) < 4.78 is 5.26. The zero-order valence-corrected chi connectivity index (χ0v) is 12.7. The molecule has 102 valence electrons. The number of pyridine rings is 1. The van der Waals surface area contributed by atoms with Gasteiger partial charge in [0.25, 0.3) is 0 Å². The van der Waals surface area contributed by atoms with Gasteiger partial charge in [-0.15, -0.1) is 11.3 Å². The minimum Gasteiger partial charge on any atom is -0.375 e. The van der Waals surface area contributed by atoms with Gasteiger partial charge in [0, 0.05) is 25.7 Å². The maximum atomic E-state index is 5.83. The molecule has 2 heterocycles. The lowest BCUT2D eigenvalue weighted by atomic mass is 10.4. The molecule has 0 amide bonds. The van der Waals surface area contributed by atoms with Gasteiger partial charge in [-0.2, -0.15) is 0 Å². The molecule has 19 heavy (non-hydrogen) atoms. The van der Waals surface area contributed by atoms with Crippen LogP contribution in [0.1, 0.15) is 23.7 Å². The van der Waals surface area contributed by atoms with Crippen molar-refractivity contribution in [3.05, 3.63) is 39.4 Å². The van der Waals surface area contributed by atoms with E-state index < -0.39 is 0 Å². The zero-order chi connectivity index (χ0) is 13.8. The van der Waals surface area contributed by atoms with Crippen LogP contribution in [0.3, 0.4) is 0 Å². The van der Waals surface area contributed by atoms with Gasteiger partial charge < -0.3 is 9.64 Å². The molecule has 0 aliphatic rings. The number of anilines is 1. The van der Waals surface area contributed by atoms with Crippen molar-refractivity contribution in [2.45, 2.75) is 19.6 Å². The molecule has 2 aromatic heterocycles. The number of methoxy groups -OCH3 is 1. The lowest BCUT2D eigenvalue weighted by Crippen LogP contribution is -2.17. The smallest absolute Gasteiger partial charge is 0.128 e. The fourth-order valence-electron chi connectivity index (χ4n) is 1.60. The SMILES string of the molecule is COC(C)c1nc(CN(C)c2ccc(Cl)cn2)cs1. The Labute approximate surface area is 122 Å². The first kappa shape index (κ1) is 14.2. The lowest BCUT2D eigenvalue weighted by molar-refractivity contribution is 0.119. The molecule has 6 heteroatoms. The summed E-state index contributed by atoms with van der Waals surface area (Å²) in [6.07, 6.45) is 1.69. The van der Waals surface area contributed by atoms with Crippen molar-refractivity contribution in [2.75, 3.05) is 19.1 Å². The largest absolute Gasteiger partial charge is 0.375 e. The van der Waals surface area contributed by atoms with E-state index in [-0.39, 0.29) is 6.10 Å². The summed E-state index contributed by atoms with van der Waals surface area (Å²) in [5, 5.41) is 3.69. The molecule has 4 nitrogen and oxygen atoms in total. The average Bonchev–Trinajstić information content (AvgIpc) is 2.87. The summed E-state index contributed by atoms with van der Waals surface area (Å²) in [4.78, 5) is 10.9. The monoisotopic (exact) mass is 297 g/mol. The molecule has 0 fully saturated rings. The van der Waals surface area contributed by atoms with Gasteiger partial charge in [0.2, 0.25) is 0 Å². The van der Waals surface area contributed by atoms with Crippen LogP contribution in [0.15, 0.2) is 23.7 Å². The van der Waals surface area contributed by atoms with Crippen molar-refractivity contribution >= 4 is 28.8 Å². The van der Waals surface area contributed by atoms with Crippen LogP contribution >= 0.6 is 22.9 Å². The predicted octanol–water partition coefficient (Wildman–Crippen LogP) is 3.54. The molecular weight excluding hydrogens is 282 g/mol. The van der Waals surface area contributed by atoms with Crippen LogP contribution in [-0.2, 0) is 11.3 Å². The molecule has 0 bridgehead atoms. The Morgan fingerprint density at radius 2 is 2.26 bits per heavy atom. The molecule has 0 N–H and O–H groups in total. The number of aromatic nitrogens is 2. The summed E-state index contributed by atoms with van der Waals surface area (Å²) in [5.41, 5.74) is 1.02. The first-order valence-corrected chi connectivity index (χ1v) is 7.15. The molecule has 0 saturated carbocycles. The summed E-state index contributed by atoms with van der Waals surface area (Å²) in [6.45, 7) is 2.70. The highest BCUT2D eigenvalue weighted by atomic mass is 35.5. The van der Waals surface area contributed by atoms with Crippen molar-refractivity contribution in [3.8, 4) is 0 Å². The number of hydrogen-bond acceptors (Lipinski definition) is 5. The van der Waals surface area contributed by atoms with Gasteiger partial charge >= 0.3 is 0 Å². The van der Waals surface area contributed by atoms with Crippen LogP contribution in [0, 0.1) is 0 Å². The van der Waals surface area contributed by atoms with Crippen LogP contribution in [-0.4, -0.2) is 24.1 Å². The Kier molecular flexibility index (Phi) is 4.74. The molecule has 0 radical (unpaired) electrons. The van der Waals surface area contributed by atoms with Crippen LogP contribution in [0.5, 0.6) is 0 Å². The Morgan fingerprint density at radius 1 is 1.47 bits per heavy atom. The standard InChI is InChI=1S/C13H16ClN3OS/c1-9(18-3)13-16-11(8-19-13)7-17(2)12-5-4-10(14)6-15-12/h4-6,8-9H,7H2,1-3H3. The second kappa shape index (κ2) is 6.32. The third kappa shape index (κ3) is 3.65. The summed E-state index contributed by atoms with van der Waals surface area (Å²) in [5.74, 6) is 0.874. The average molecular weight is 298 g/mol. The van der Waals surface area contributed by atoms with E-state index in [2.05, 4.69) is 15.3 Å². The minimum absolute atomic E-state index is 0.0395. The third-order valence-corrected chi connectivity index (χ3v) is 4.05. The summed E-state index contributed by atoms with van der Waals surface area (Å²) >= 11 is 7.44. The Bertz CT molecular complexity index is 529. The highest BCUT2D eigenvalue weighted by molar-refractivity contribution is 7.09. The molecular formula is C13H16ClN3OS. The van der Waals surface area contributed by atoms with E-state index in [4.69, 9.17) is 16.3 Å². The molecule has 0 spiro atoms. The normalized spacial score (nSPS) is 12.4. The van der Waals surface area contributed by atoms with Crippen molar-refractivity contribution in [1.29, 1.82) is 0 Å². The van der Waals surface area contributed by atoms with Gasteiger partial charge in [-0.25, -0.2) is 9.97 Å². The number of thiazole rings is 1. The predicted molar refractivity (Wildman–Crippen MR) is 78.9 cm³/mol. The van der Waals surface area contributed by atoms with Crippen molar-refractivity contribution < 1.29 is 4.74 Å². The van der Waals surface area contributed by atoms with E-state index in [0.717, 1.165) is 16.5 Å². The Morgan fingerprint density at radius 3 is 2.89 bits per heavy atom. The van der Waals surface area contributed by atoms with Crippen LogP contribution < -0.4 is 4.90 Å². The number of ether oxygens (including phenoxy) is 1. The summed E-state index contributed by atoms with van der Waals surface area (Å²) in [7, 11) is 3.67. The third-order valence-electron chi connectivity index (χ3n) is 2.77. The van der Waals surface area contributed by atoms with Crippen molar-refractivity contribution in [1.82, 2.24) is 9.97 Å². The first-order valence-electron chi connectivity index (χ1n) is 5.90. The highest BCUT2D eigenvalue weighted by Gasteiger charge is 2.11. The second-order valence-electron chi connectivity index (χ2n) is 4.25. The number of halogens is 1. The fourth-order valence-corrected chi connectivity index (χ4v) is 2.55. The van der Waals surface area contributed by atoms with Gasteiger partial charge in [0.05, 0.1) is 17.3 Å². The van der Waals surface area contributed by atoms with Gasteiger partial charge in [0.15, 0.2) is 0 Å². The van der Waals surface area contributed by atoms with E-state index in [0.29, 0.717) is 11.6 Å². The minimum atomic E-state index is 0.0395. The maximum absolute atomic E-state index is 5.83. The number of hydrogen-bond donors (Lipinski definition) is 0. The first-order chi connectivity index (χ1) is 9.10. The van der Waals surface area contributed by atoms with E-state index >= 15 is 0 Å². The van der Waals surface area contributed by atoms with E-state index in [1.54, 1.807) is 24.6 Å². The van der Waals surface area contributed by atoms with Crippen LogP contribution in [0.25, 0.3) is 0 Å². The van der Waals surface area contributed by atoms with Gasteiger partial charge in [0.1, 0.15) is 16.9 Å². The van der Waals surface area contributed by atoms with Crippen LogP contribution in [0.2, 0.25) is 5.02 Å². The van der Waals surface area contributed by atoms with Gasteiger partial charge in [-0.05, 0) is 19.1 Å². The van der Waals surface area contributed by atoms with E-state index in [1.807, 2.05) is 31.0 Å². The topological polar surface area (TPSA) is 38.2 Å². The maximum Gasteiger partial charge on any atom is 0.128 e. The molecule has 0 saturated heterocycles. The molecule has 0 aromatic carbocycles. The van der Waals surface area contributed by atoms with E-state index in [1.165, 1.54) is 0 Å². The second-order valence-corrected chi connectivity index (χ2v) is 5.57. The molecule has 2 aromatic rings. The zero-order valence-electron chi connectivity index (χ0n) is 11.1. The fraction of sp³-hybridized carbons (Fsp3) is 0.385. The molecule has 1 atom stereocenters. The highest BCUT2D eigenvalue weighted by Crippen LogP contribution is 2.22. The number of rotatable bonds is 5. The lowest BCUT2D eigenvalue weighted by Gasteiger charge is -2.16. The van der Waals surface area contributed by atoms with Gasteiger partial charge in [-0.1, -0.05) is 11.6 Å². The van der Waals surface area contributed by atoms with Crippen LogP contribution in [0.4, 0.5) is 5.82 Å². The van der Waals surface area contributed by atoms with Crippen molar-refractivity contribution in [3.63, 3.8) is 0 Å². The van der Waals surface area contributed by atoms with Crippen molar-refractivity contribution in [2.24, 2.45) is 0 Å². The quantitative estimate of drug-likeness (QED) is 0.846.